The Balaban J connectivity index is 0.00000140. The third kappa shape index (κ3) is 5.19. The molecule has 2 heterocycles. The van der Waals surface area contributed by atoms with Gasteiger partial charge in [-0.1, -0.05) is 25.0 Å². The molecule has 1 amide bonds. The van der Waals surface area contributed by atoms with Gasteiger partial charge in [-0.25, -0.2) is 0 Å². The number of fused-ring (bicyclic) bond motifs is 1. The quantitative estimate of drug-likeness (QED) is 0.754. The molecule has 2 saturated heterocycles. The summed E-state index contributed by atoms with van der Waals surface area (Å²) in [6, 6.07) is 8.42. The molecule has 1 aromatic rings. The van der Waals surface area contributed by atoms with Crippen molar-refractivity contribution < 1.29 is 9.53 Å². The van der Waals surface area contributed by atoms with E-state index in [9.17, 15) is 4.79 Å². The summed E-state index contributed by atoms with van der Waals surface area (Å²) in [6.07, 6.45) is 5.69. The summed E-state index contributed by atoms with van der Waals surface area (Å²) in [5.41, 5.74) is 2.06. The summed E-state index contributed by atoms with van der Waals surface area (Å²) >= 11 is 0. The van der Waals surface area contributed by atoms with Gasteiger partial charge < -0.3 is 15.4 Å². The van der Waals surface area contributed by atoms with Crippen LogP contribution >= 0.6 is 24.8 Å². The second-order valence-electron chi connectivity index (χ2n) is 8.08. The zero-order valence-electron chi connectivity index (χ0n) is 16.5. The van der Waals surface area contributed by atoms with Crippen molar-refractivity contribution in [2.45, 2.75) is 32.1 Å². The van der Waals surface area contributed by atoms with Gasteiger partial charge in [-0.3, -0.25) is 9.69 Å². The van der Waals surface area contributed by atoms with Crippen LogP contribution in [0.25, 0.3) is 0 Å². The summed E-state index contributed by atoms with van der Waals surface area (Å²) in [7, 11) is 0. The van der Waals surface area contributed by atoms with E-state index in [-0.39, 0.29) is 36.1 Å². The van der Waals surface area contributed by atoms with E-state index >= 15 is 0 Å². The average molecular weight is 430 g/mol. The van der Waals surface area contributed by atoms with E-state index in [2.05, 4.69) is 39.8 Å². The number of nitrogens with zero attached hydrogens (tertiary/aromatic N) is 1. The van der Waals surface area contributed by atoms with Gasteiger partial charge in [-0.05, 0) is 49.4 Å². The molecule has 3 aliphatic rings. The lowest BCUT2D eigenvalue weighted by Gasteiger charge is -2.37. The molecule has 0 bridgehead atoms. The van der Waals surface area contributed by atoms with Crippen LogP contribution in [0.4, 0.5) is 5.69 Å². The third-order valence-corrected chi connectivity index (χ3v) is 6.52. The smallest absolute Gasteiger partial charge is 0.232 e. The fraction of sp³-hybridized carbons (Fsp3) is 0.667. The van der Waals surface area contributed by atoms with Crippen molar-refractivity contribution in [1.29, 1.82) is 0 Å². The molecule has 1 aromatic carbocycles. The molecule has 7 heteroatoms. The highest BCUT2D eigenvalue weighted by Gasteiger charge is 2.49. The van der Waals surface area contributed by atoms with Crippen LogP contribution in [0.3, 0.4) is 0 Å². The fourth-order valence-corrected chi connectivity index (χ4v) is 4.81. The van der Waals surface area contributed by atoms with E-state index in [1.807, 2.05) is 0 Å². The third-order valence-electron chi connectivity index (χ3n) is 6.52. The summed E-state index contributed by atoms with van der Waals surface area (Å²) in [4.78, 5) is 15.5. The zero-order chi connectivity index (χ0) is 17.8. The van der Waals surface area contributed by atoms with Crippen molar-refractivity contribution in [3.8, 4) is 0 Å². The first kappa shape index (κ1) is 23.4. The van der Waals surface area contributed by atoms with Crippen LogP contribution in [0.1, 0.15) is 31.2 Å². The van der Waals surface area contributed by atoms with Gasteiger partial charge in [0, 0.05) is 31.9 Å². The minimum Gasteiger partial charge on any atom is -0.379 e. The molecular formula is C21H33Cl2N3O2. The Morgan fingerprint density at radius 2 is 1.93 bits per heavy atom. The van der Waals surface area contributed by atoms with E-state index in [0.717, 1.165) is 64.5 Å². The van der Waals surface area contributed by atoms with Crippen LogP contribution < -0.4 is 10.6 Å². The molecule has 2 aliphatic heterocycles. The Labute approximate surface area is 180 Å². The molecule has 28 heavy (non-hydrogen) atoms. The van der Waals surface area contributed by atoms with Gasteiger partial charge >= 0.3 is 0 Å². The number of hydrogen-bond donors (Lipinski definition) is 2. The van der Waals surface area contributed by atoms with Crippen molar-refractivity contribution in [2.75, 3.05) is 51.3 Å². The maximum atomic E-state index is 13.0. The number of rotatable bonds is 5. The lowest BCUT2D eigenvalue weighted by Crippen LogP contribution is -2.44. The van der Waals surface area contributed by atoms with Gasteiger partial charge in [-0.15, -0.1) is 24.8 Å². The first-order valence-electron chi connectivity index (χ1n) is 10.2. The van der Waals surface area contributed by atoms with Crippen molar-refractivity contribution in [3.05, 3.63) is 29.8 Å². The number of benzene rings is 1. The standard InChI is InChI=1S/C21H31N3O2.2ClH/c25-20(21-9-2-1-3-18(21)15-22-16-21)23-19-6-4-17(5-7-19)8-10-24-11-13-26-14-12-24;;/h4-7,18,22H,1-3,8-16H2,(H,23,25);2*1H/t18-,21+;;/m0../s1. The molecule has 0 aromatic heterocycles. The van der Waals surface area contributed by atoms with Crippen molar-refractivity contribution in [2.24, 2.45) is 11.3 Å². The second-order valence-corrected chi connectivity index (χ2v) is 8.08. The molecule has 4 rings (SSSR count). The van der Waals surface area contributed by atoms with Gasteiger partial charge in [0.15, 0.2) is 0 Å². The Bertz CT molecular complexity index is 623. The Hall–Kier alpha value is -0.850. The SMILES string of the molecule is Cl.Cl.O=C(Nc1ccc(CCN2CCOCC2)cc1)[C@@]12CCCC[C@H]1CNC2. The van der Waals surface area contributed by atoms with Gasteiger partial charge in [0.1, 0.15) is 0 Å². The van der Waals surface area contributed by atoms with Crippen LogP contribution in [-0.4, -0.2) is 56.7 Å². The molecule has 0 spiro atoms. The number of morpholine rings is 1. The molecule has 1 saturated carbocycles. The molecule has 0 radical (unpaired) electrons. The molecular weight excluding hydrogens is 397 g/mol. The van der Waals surface area contributed by atoms with E-state index in [1.54, 1.807) is 0 Å². The van der Waals surface area contributed by atoms with Crippen molar-refractivity contribution in [1.82, 2.24) is 10.2 Å². The highest BCUT2D eigenvalue weighted by molar-refractivity contribution is 5.96. The topological polar surface area (TPSA) is 53.6 Å². The van der Waals surface area contributed by atoms with Gasteiger partial charge in [0.2, 0.25) is 5.91 Å². The highest BCUT2D eigenvalue weighted by Crippen LogP contribution is 2.44. The number of anilines is 1. The van der Waals surface area contributed by atoms with Crippen LogP contribution in [-0.2, 0) is 16.0 Å². The lowest BCUT2D eigenvalue weighted by atomic mass is 9.67. The molecule has 158 valence electrons. The number of carbonyl (C=O) groups excluding carboxylic acids is 1. The minimum atomic E-state index is -0.187. The van der Waals surface area contributed by atoms with Crippen molar-refractivity contribution >= 4 is 36.4 Å². The largest absolute Gasteiger partial charge is 0.379 e. The normalized spacial score (nSPS) is 27.2. The van der Waals surface area contributed by atoms with E-state index in [0.29, 0.717) is 5.92 Å². The molecule has 2 atom stereocenters. The predicted octanol–water partition coefficient (Wildman–Crippen LogP) is 3.12. The highest BCUT2D eigenvalue weighted by atomic mass is 35.5. The summed E-state index contributed by atoms with van der Waals surface area (Å²) in [5, 5.41) is 6.66. The van der Waals surface area contributed by atoms with Crippen LogP contribution in [0.5, 0.6) is 0 Å². The first-order chi connectivity index (χ1) is 12.8. The number of nitrogens with one attached hydrogen (secondary N) is 2. The van der Waals surface area contributed by atoms with Crippen LogP contribution in [0, 0.1) is 11.3 Å². The van der Waals surface area contributed by atoms with Gasteiger partial charge in [0.25, 0.3) is 0 Å². The Morgan fingerprint density at radius 3 is 2.68 bits per heavy atom. The molecule has 0 unspecified atom stereocenters. The molecule has 5 nitrogen and oxygen atoms in total. The molecule has 3 fully saturated rings. The van der Waals surface area contributed by atoms with Gasteiger partial charge in [-0.2, -0.15) is 0 Å². The first-order valence-corrected chi connectivity index (χ1v) is 10.2. The maximum Gasteiger partial charge on any atom is 0.232 e. The van der Waals surface area contributed by atoms with E-state index in [4.69, 9.17) is 4.74 Å². The second kappa shape index (κ2) is 10.8. The zero-order valence-corrected chi connectivity index (χ0v) is 18.1. The average Bonchev–Trinajstić information content (AvgIpc) is 3.14. The summed E-state index contributed by atoms with van der Waals surface area (Å²) < 4.78 is 5.40. The molecule has 1 aliphatic carbocycles. The molecule has 2 N–H and O–H groups in total. The van der Waals surface area contributed by atoms with Gasteiger partial charge in [0.05, 0.1) is 18.6 Å². The minimum absolute atomic E-state index is 0. The van der Waals surface area contributed by atoms with E-state index < -0.39 is 0 Å². The predicted molar refractivity (Wildman–Crippen MR) is 118 cm³/mol. The summed E-state index contributed by atoms with van der Waals surface area (Å²) in [6.45, 7) is 6.67. The van der Waals surface area contributed by atoms with Crippen LogP contribution in [0.15, 0.2) is 24.3 Å². The van der Waals surface area contributed by atoms with E-state index in [1.165, 1.54) is 24.8 Å². The lowest BCUT2D eigenvalue weighted by molar-refractivity contribution is -0.128. The number of ether oxygens (including phenoxy) is 1. The van der Waals surface area contributed by atoms with Crippen molar-refractivity contribution in [3.63, 3.8) is 0 Å². The number of hydrogen-bond acceptors (Lipinski definition) is 4. The number of halogens is 2. The Kier molecular flexibility index (Phi) is 9.03. The number of amides is 1. The monoisotopic (exact) mass is 429 g/mol. The maximum absolute atomic E-state index is 13.0. The summed E-state index contributed by atoms with van der Waals surface area (Å²) in [5.74, 6) is 0.720. The number of carbonyl (C=O) groups is 1. The van der Waals surface area contributed by atoms with Crippen LogP contribution in [0.2, 0.25) is 0 Å². The fourth-order valence-electron chi connectivity index (χ4n) is 4.81. The Morgan fingerprint density at radius 1 is 1.18 bits per heavy atom.